The zero-order valence-corrected chi connectivity index (χ0v) is 18.6. The lowest BCUT2D eigenvalue weighted by molar-refractivity contribution is -0.153. The van der Waals surface area contributed by atoms with Gasteiger partial charge in [0.05, 0.1) is 41.8 Å². The van der Waals surface area contributed by atoms with E-state index in [4.69, 9.17) is 9.47 Å². The second kappa shape index (κ2) is 8.39. The van der Waals surface area contributed by atoms with Crippen molar-refractivity contribution >= 4 is 11.7 Å². The van der Waals surface area contributed by atoms with E-state index in [2.05, 4.69) is 15.1 Å². The van der Waals surface area contributed by atoms with Crippen LogP contribution in [0, 0.1) is 13.8 Å². The number of ether oxygens (including phenoxy) is 2. The van der Waals surface area contributed by atoms with Gasteiger partial charge in [0, 0.05) is 30.6 Å². The fraction of sp³-hybridized carbons (Fsp3) is 0.391. The van der Waals surface area contributed by atoms with Gasteiger partial charge in [-0.1, -0.05) is 0 Å². The highest BCUT2D eigenvalue weighted by atomic mass is 19.4. The number of anilines is 1. The average molecular weight is 473 g/mol. The molecule has 5 heterocycles. The Morgan fingerprint density at radius 3 is 2.82 bits per heavy atom. The lowest BCUT2D eigenvalue weighted by atomic mass is 10.0. The lowest BCUT2D eigenvalue weighted by Crippen LogP contribution is -2.24. The summed E-state index contributed by atoms with van der Waals surface area (Å²) >= 11 is 0. The molecule has 2 aliphatic heterocycles. The maximum absolute atomic E-state index is 13.1. The molecule has 2 aliphatic rings. The summed E-state index contributed by atoms with van der Waals surface area (Å²) in [5, 5.41) is 4.58. The fourth-order valence-electron chi connectivity index (χ4n) is 4.20. The van der Waals surface area contributed by atoms with Crippen molar-refractivity contribution in [2.45, 2.75) is 39.0 Å². The summed E-state index contributed by atoms with van der Waals surface area (Å²) in [6.07, 6.45) is -0.202. The number of pyridine rings is 2. The first-order chi connectivity index (χ1) is 16.2. The molecule has 0 aromatic carbocycles. The van der Waals surface area contributed by atoms with Crippen molar-refractivity contribution in [3.8, 4) is 17.0 Å². The third-order valence-corrected chi connectivity index (χ3v) is 5.94. The Kier molecular flexibility index (Phi) is 5.51. The normalized spacial score (nSPS) is 18.0. The van der Waals surface area contributed by atoms with Crippen LogP contribution in [0.5, 0.6) is 5.75 Å². The second-order valence-corrected chi connectivity index (χ2v) is 8.42. The monoisotopic (exact) mass is 473 g/mol. The Morgan fingerprint density at radius 2 is 2.09 bits per heavy atom. The minimum absolute atomic E-state index is 0.0360. The van der Waals surface area contributed by atoms with Gasteiger partial charge in [-0.2, -0.15) is 18.3 Å². The third kappa shape index (κ3) is 4.23. The molecule has 0 aliphatic carbocycles. The molecule has 0 N–H and O–H groups in total. The first-order valence-electron chi connectivity index (χ1n) is 10.8. The number of hydrogen-bond donors (Lipinski definition) is 0. The second-order valence-electron chi connectivity index (χ2n) is 8.42. The molecule has 0 saturated carbocycles. The molecule has 34 heavy (non-hydrogen) atoms. The van der Waals surface area contributed by atoms with Crippen molar-refractivity contribution < 1.29 is 27.4 Å². The highest BCUT2D eigenvalue weighted by molar-refractivity contribution is 6.10. The van der Waals surface area contributed by atoms with Crippen LogP contribution in [-0.4, -0.2) is 51.7 Å². The Bertz CT molecular complexity index is 1250. The summed E-state index contributed by atoms with van der Waals surface area (Å²) in [5.74, 6) is 0.389. The van der Waals surface area contributed by atoms with Gasteiger partial charge in [-0.15, -0.1) is 0 Å². The van der Waals surface area contributed by atoms with E-state index < -0.39 is 12.8 Å². The van der Waals surface area contributed by atoms with Gasteiger partial charge in [-0.05, 0) is 38.0 Å². The fourth-order valence-corrected chi connectivity index (χ4v) is 4.20. The first kappa shape index (κ1) is 22.3. The SMILES string of the molecule is Cc1cc(-c2cnc(C)c(OCC(F)(F)F)c2)nc2c1C(=O)N(c1ccn([C@H]3CCOC3)n1)C2. The topological polar surface area (TPSA) is 82.4 Å². The van der Waals surface area contributed by atoms with Gasteiger partial charge in [0.1, 0.15) is 5.75 Å². The molecule has 11 heteroatoms. The van der Waals surface area contributed by atoms with Gasteiger partial charge in [0.15, 0.2) is 12.4 Å². The first-order valence-corrected chi connectivity index (χ1v) is 10.8. The van der Waals surface area contributed by atoms with E-state index in [0.717, 1.165) is 12.0 Å². The molecule has 0 unspecified atom stereocenters. The largest absolute Gasteiger partial charge is 0.482 e. The Labute approximate surface area is 193 Å². The van der Waals surface area contributed by atoms with E-state index in [1.54, 1.807) is 24.0 Å². The van der Waals surface area contributed by atoms with Crippen LogP contribution >= 0.6 is 0 Å². The highest BCUT2D eigenvalue weighted by Gasteiger charge is 2.34. The summed E-state index contributed by atoms with van der Waals surface area (Å²) < 4.78 is 50.0. The van der Waals surface area contributed by atoms with Crippen molar-refractivity contribution in [2.75, 3.05) is 24.7 Å². The van der Waals surface area contributed by atoms with Crippen LogP contribution in [0.2, 0.25) is 0 Å². The number of hydrogen-bond acceptors (Lipinski definition) is 6. The van der Waals surface area contributed by atoms with Crippen LogP contribution in [-0.2, 0) is 11.3 Å². The highest BCUT2D eigenvalue weighted by Crippen LogP contribution is 2.33. The molecule has 178 valence electrons. The minimum Gasteiger partial charge on any atom is -0.482 e. The van der Waals surface area contributed by atoms with E-state index in [1.165, 1.54) is 12.3 Å². The number of fused-ring (bicyclic) bond motifs is 1. The van der Waals surface area contributed by atoms with Crippen LogP contribution < -0.4 is 9.64 Å². The molecule has 1 fully saturated rings. The summed E-state index contributed by atoms with van der Waals surface area (Å²) in [6, 6.07) is 5.17. The smallest absolute Gasteiger partial charge is 0.422 e. The number of carbonyl (C=O) groups excluding carboxylic acids is 1. The molecule has 0 radical (unpaired) electrons. The lowest BCUT2D eigenvalue weighted by Gasteiger charge is -2.12. The van der Waals surface area contributed by atoms with Crippen molar-refractivity contribution in [1.82, 2.24) is 19.7 Å². The number of carbonyl (C=O) groups is 1. The molecule has 0 bridgehead atoms. The maximum Gasteiger partial charge on any atom is 0.422 e. The summed E-state index contributed by atoms with van der Waals surface area (Å²) in [4.78, 5) is 23.5. The van der Waals surface area contributed by atoms with Crippen LogP contribution in [0.1, 0.15) is 39.8 Å². The standard InChI is InChI=1S/C23H22F3N5O3/c1-13-7-17(15-8-19(14(2)27-9-15)34-12-23(24,25)26)28-18-10-30(22(32)21(13)18)20-3-5-31(29-20)16-4-6-33-11-16/h3,5,7-9,16H,4,6,10-12H2,1-2H3/t16-/m0/s1. The molecule has 8 nitrogen and oxygen atoms in total. The number of halogens is 3. The quantitative estimate of drug-likeness (QED) is 0.557. The molecule has 3 aromatic rings. The zero-order valence-electron chi connectivity index (χ0n) is 18.6. The molecule has 5 rings (SSSR count). The van der Waals surface area contributed by atoms with E-state index >= 15 is 0 Å². The van der Waals surface area contributed by atoms with Crippen LogP contribution in [0.4, 0.5) is 19.0 Å². The van der Waals surface area contributed by atoms with Gasteiger partial charge < -0.3 is 9.47 Å². The molecule has 1 saturated heterocycles. The van der Waals surface area contributed by atoms with Gasteiger partial charge in [-0.3, -0.25) is 24.3 Å². The summed E-state index contributed by atoms with van der Waals surface area (Å²) in [7, 11) is 0. The van der Waals surface area contributed by atoms with Crippen molar-refractivity contribution in [1.29, 1.82) is 0 Å². The molecular formula is C23H22F3N5O3. The number of aromatic nitrogens is 4. The molecule has 0 spiro atoms. The maximum atomic E-state index is 13.1. The average Bonchev–Trinajstić information content (AvgIpc) is 3.52. The van der Waals surface area contributed by atoms with Crippen molar-refractivity contribution in [2.24, 2.45) is 0 Å². The number of amides is 1. The number of rotatable bonds is 5. The minimum atomic E-state index is -4.45. The number of nitrogens with zero attached hydrogens (tertiary/aromatic N) is 5. The Hall–Kier alpha value is -3.47. The predicted octanol–water partition coefficient (Wildman–Crippen LogP) is 4.02. The van der Waals surface area contributed by atoms with Gasteiger partial charge in [0.2, 0.25) is 0 Å². The summed E-state index contributed by atoms with van der Waals surface area (Å²) in [6.45, 7) is 3.51. The van der Waals surface area contributed by atoms with E-state index in [-0.39, 0.29) is 24.2 Å². The van der Waals surface area contributed by atoms with Crippen molar-refractivity contribution in [3.05, 3.63) is 53.1 Å². The van der Waals surface area contributed by atoms with Crippen LogP contribution in [0.3, 0.4) is 0 Å². The van der Waals surface area contributed by atoms with Gasteiger partial charge in [-0.25, -0.2) is 0 Å². The Morgan fingerprint density at radius 1 is 1.26 bits per heavy atom. The third-order valence-electron chi connectivity index (χ3n) is 5.94. The predicted molar refractivity (Wildman–Crippen MR) is 116 cm³/mol. The molecular weight excluding hydrogens is 451 g/mol. The zero-order chi connectivity index (χ0) is 24.0. The van der Waals surface area contributed by atoms with E-state index in [0.29, 0.717) is 47.2 Å². The van der Waals surface area contributed by atoms with Crippen LogP contribution in [0.25, 0.3) is 11.3 Å². The Balaban J connectivity index is 1.42. The van der Waals surface area contributed by atoms with Crippen molar-refractivity contribution in [3.63, 3.8) is 0 Å². The van der Waals surface area contributed by atoms with Crippen LogP contribution in [0.15, 0.2) is 30.6 Å². The molecule has 3 aromatic heterocycles. The van der Waals surface area contributed by atoms with Gasteiger partial charge in [0.25, 0.3) is 5.91 Å². The number of aryl methyl sites for hydroxylation is 2. The van der Waals surface area contributed by atoms with Gasteiger partial charge >= 0.3 is 6.18 Å². The molecule has 1 atom stereocenters. The van der Waals surface area contributed by atoms with E-state index in [1.807, 2.05) is 17.8 Å². The van der Waals surface area contributed by atoms with E-state index in [9.17, 15) is 18.0 Å². The molecule has 1 amide bonds. The summed E-state index contributed by atoms with van der Waals surface area (Å²) in [5.41, 5.74) is 3.16. The number of alkyl halides is 3.